The fourth-order valence-corrected chi connectivity index (χ4v) is 1.39. The van der Waals surface area contributed by atoms with Crippen molar-refractivity contribution in [3.63, 3.8) is 0 Å². The Bertz CT molecular complexity index is 120. The molecule has 0 radical (unpaired) electrons. The van der Waals surface area contributed by atoms with Crippen molar-refractivity contribution >= 4 is 0 Å². The van der Waals surface area contributed by atoms with E-state index in [1.54, 1.807) is 0 Å². The lowest BCUT2D eigenvalue weighted by Crippen LogP contribution is -2.53. The van der Waals surface area contributed by atoms with Gasteiger partial charge in [-0.1, -0.05) is 0 Å². The number of aliphatic hydroxyl groups excluding tert-OH is 3. The zero-order valence-electron chi connectivity index (χ0n) is 6.40. The van der Waals surface area contributed by atoms with Crippen LogP contribution in [0.25, 0.3) is 0 Å². The Balaban J connectivity index is 2.37. The van der Waals surface area contributed by atoms with Crippen molar-refractivity contribution in [2.75, 3.05) is 13.2 Å². The van der Waals surface area contributed by atoms with Crippen molar-refractivity contribution in [2.24, 2.45) is 0 Å². The van der Waals surface area contributed by atoms with Crippen LogP contribution in [0.15, 0.2) is 0 Å². The molecule has 11 heavy (non-hydrogen) atoms. The Morgan fingerprint density at radius 3 is 2.45 bits per heavy atom. The van der Waals surface area contributed by atoms with Gasteiger partial charge < -0.3 is 20.6 Å². The van der Waals surface area contributed by atoms with Gasteiger partial charge in [-0.05, 0) is 12.8 Å². The Kier molecular flexibility index (Phi) is 3.26. The fraction of sp³-hybridized carbons (Fsp3) is 1.00. The Labute approximate surface area is 65.9 Å². The molecule has 1 aliphatic rings. The maximum absolute atomic E-state index is 9.28. The molecule has 1 fully saturated rings. The predicted octanol–water partition coefficient (Wildman–Crippen LogP) is -1.55. The molecule has 0 aromatic heterocycles. The van der Waals surface area contributed by atoms with Crippen LogP contribution >= 0.6 is 0 Å². The number of nitrogens with one attached hydrogen (secondary N) is 1. The molecule has 1 rings (SSSR count). The second-order valence-electron chi connectivity index (χ2n) is 2.98. The molecule has 1 heterocycles. The minimum absolute atomic E-state index is 0.0375. The van der Waals surface area contributed by atoms with Gasteiger partial charge in [0.15, 0.2) is 0 Å². The van der Waals surface area contributed by atoms with Crippen molar-refractivity contribution in [3.05, 3.63) is 0 Å². The smallest absolute Gasteiger partial charge is 0.0716 e. The SMILES string of the molecule is OC[C@@H]1CC[C@H](O)[C@@H](CO)N1. The molecule has 0 spiro atoms. The normalized spacial score (nSPS) is 39.0. The highest BCUT2D eigenvalue weighted by Gasteiger charge is 2.26. The standard InChI is InChI=1S/C7H15NO3/c9-3-5-1-2-7(11)6(4-10)8-5/h5-11H,1-4H2/t5-,6+,7-/m0/s1. The maximum Gasteiger partial charge on any atom is 0.0716 e. The lowest BCUT2D eigenvalue weighted by molar-refractivity contribution is 0.0395. The van der Waals surface area contributed by atoms with E-state index in [1.807, 2.05) is 0 Å². The van der Waals surface area contributed by atoms with Gasteiger partial charge >= 0.3 is 0 Å². The summed E-state index contributed by atoms with van der Waals surface area (Å²) >= 11 is 0. The molecule has 66 valence electrons. The summed E-state index contributed by atoms with van der Waals surface area (Å²) in [4.78, 5) is 0. The number of rotatable bonds is 2. The molecule has 3 atom stereocenters. The molecular weight excluding hydrogens is 146 g/mol. The summed E-state index contributed by atoms with van der Waals surface area (Å²) in [5.41, 5.74) is 0. The summed E-state index contributed by atoms with van der Waals surface area (Å²) < 4.78 is 0. The van der Waals surface area contributed by atoms with Gasteiger partial charge in [0.2, 0.25) is 0 Å². The molecule has 0 amide bonds. The zero-order chi connectivity index (χ0) is 8.27. The molecule has 4 heteroatoms. The molecule has 0 unspecified atom stereocenters. The first-order valence-electron chi connectivity index (χ1n) is 3.93. The molecule has 1 aliphatic heterocycles. The van der Waals surface area contributed by atoms with Gasteiger partial charge in [0.05, 0.1) is 25.4 Å². The van der Waals surface area contributed by atoms with Gasteiger partial charge in [-0.3, -0.25) is 0 Å². The average molecular weight is 161 g/mol. The number of hydrogen-bond donors (Lipinski definition) is 4. The van der Waals surface area contributed by atoms with Crippen LogP contribution in [0, 0.1) is 0 Å². The number of hydrogen-bond acceptors (Lipinski definition) is 4. The topological polar surface area (TPSA) is 72.7 Å². The molecule has 0 aromatic rings. The summed E-state index contributed by atoms with van der Waals surface area (Å²) in [5, 5.41) is 29.8. The molecule has 0 saturated carbocycles. The van der Waals surface area contributed by atoms with E-state index in [2.05, 4.69) is 5.32 Å². The van der Waals surface area contributed by atoms with Gasteiger partial charge in [-0.2, -0.15) is 0 Å². The van der Waals surface area contributed by atoms with Crippen LogP contribution in [0.1, 0.15) is 12.8 Å². The fourth-order valence-electron chi connectivity index (χ4n) is 1.39. The van der Waals surface area contributed by atoms with E-state index in [9.17, 15) is 5.11 Å². The first kappa shape index (κ1) is 8.93. The highest BCUT2D eigenvalue weighted by molar-refractivity contribution is 4.85. The highest BCUT2D eigenvalue weighted by Crippen LogP contribution is 2.12. The molecule has 0 bridgehead atoms. The van der Waals surface area contributed by atoms with Crippen LogP contribution < -0.4 is 5.32 Å². The lowest BCUT2D eigenvalue weighted by atomic mass is 9.97. The molecular formula is C7H15NO3. The van der Waals surface area contributed by atoms with Crippen molar-refractivity contribution < 1.29 is 15.3 Å². The van der Waals surface area contributed by atoms with Gasteiger partial charge in [0.1, 0.15) is 0 Å². The minimum Gasteiger partial charge on any atom is -0.395 e. The predicted molar refractivity (Wildman–Crippen MR) is 40.1 cm³/mol. The summed E-state index contributed by atoms with van der Waals surface area (Å²) in [6.07, 6.45) is 0.959. The third kappa shape index (κ3) is 2.13. The van der Waals surface area contributed by atoms with E-state index < -0.39 is 6.10 Å². The first-order chi connectivity index (χ1) is 5.27. The summed E-state index contributed by atoms with van der Waals surface area (Å²) in [6.45, 7) is 0.000880. The second-order valence-corrected chi connectivity index (χ2v) is 2.98. The van der Waals surface area contributed by atoms with Crippen LogP contribution in [0.3, 0.4) is 0 Å². The third-order valence-electron chi connectivity index (χ3n) is 2.14. The van der Waals surface area contributed by atoms with Gasteiger partial charge in [-0.15, -0.1) is 0 Å². The second kappa shape index (κ2) is 4.01. The largest absolute Gasteiger partial charge is 0.395 e. The van der Waals surface area contributed by atoms with E-state index >= 15 is 0 Å². The molecule has 4 nitrogen and oxygen atoms in total. The molecule has 1 saturated heterocycles. The van der Waals surface area contributed by atoms with Crippen LogP contribution in [0.5, 0.6) is 0 Å². The summed E-state index contributed by atoms with van der Waals surface area (Å²) in [5.74, 6) is 0. The van der Waals surface area contributed by atoms with Gasteiger partial charge in [0, 0.05) is 6.04 Å². The quantitative estimate of drug-likeness (QED) is 0.396. The minimum atomic E-state index is -0.470. The van der Waals surface area contributed by atoms with E-state index in [-0.39, 0.29) is 25.3 Å². The van der Waals surface area contributed by atoms with Crippen molar-refractivity contribution in [1.82, 2.24) is 5.32 Å². The van der Waals surface area contributed by atoms with Crippen LogP contribution in [-0.2, 0) is 0 Å². The summed E-state index contributed by atoms with van der Waals surface area (Å²) in [7, 11) is 0. The number of aliphatic hydroxyl groups is 3. The molecule has 4 N–H and O–H groups in total. The Morgan fingerprint density at radius 1 is 1.18 bits per heavy atom. The van der Waals surface area contributed by atoms with Crippen LogP contribution in [0.4, 0.5) is 0 Å². The monoisotopic (exact) mass is 161 g/mol. The van der Waals surface area contributed by atoms with Crippen molar-refractivity contribution in [1.29, 1.82) is 0 Å². The Hall–Kier alpha value is -0.160. The van der Waals surface area contributed by atoms with E-state index in [0.29, 0.717) is 6.42 Å². The lowest BCUT2D eigenvalue weighted by Gasteiger charge is -2.32. The van der Waals surface area contributed by atoms with Gasteiger partial charge in [-0.25, -0.2) is 0 Å². The third-order valence-corrected chi connectivity index (χ3v) is 2.14. The van der Waals surface area contributed by atoms with Crippen LogP contribution in [-0.4, -0.2) is 46.7 Å². The average Bonchev–Trinajstić information content (AvgIpc) is 2.05. The van der Waals surface area contributed by atoms with Crippen LogP contribution in [0.2, 0.25) is 0 Å². The zero-order valence-corrected chi connectivity index (χ0v) is 6.40. The maximum atomic E-state index is 9.28. The number of piperidine rings is 1. The molecule has 0 aromatic carbocycles. The van der Waals surface area contributed by atoms with E-state index in [1.165, 1.54) is 0 Å². The molecule has 0 aliphatic carbocycles. The summed E-state index contributed by atoms with van der Waals surface area (Å²) in [6, 6.07) is -0.226. The van der Waals surface area contributed by atoms with E-state index in [4.69, 9.17) is 10.2 Å². The highest BCUT2D eigenvalue weighted by atomic mass is 16.3. The van der Waals surface area contributed by atoms with E-state index in [0.717, 1.165) is 6.42 Å². The van der Waals surface area contributed by atoms with Gasteiger partial charge in [0.25, 0.3) is 0 Å². The van der Waals surface area contributed by atoms with Crippen molar-refractivity contribution in [2.45, 2.75) is 31.0 Å². The van der Waals surface area contributed by atoms with Crippen molar-refractivity contribution in [3.8, 4) is 0 Å². The Morgan fingerprint density at radius 2 is 1.91 bits per heavy atom. The first-order valence-corrected chi connectivity index (χ1v) is 3.93.